The summed E-state index contributed by atoms with van der Waals surface area (Å²) in [6.07, 6.45) is -0.00426. The maximum absolute atomic E-state index is 12.1. The molecule has 0 atom stereocenters. The molecule has 8 heteroatoms. The van der Waals surface area contributed by atoms with Crippen molar-refractivity contribution in [2.24, 2.45) is 0 Å². The Kier molecular flexibility index (Phi) is 8.31. The SMILES string of the molecule is COc1cccc(S(=O)(=O)CCN(C)CCC(=O)O)c1.Cl. The number of rotatable bonds is 8. The molecule has 0 bridgehead atoms. The van der Waals surface area contributed by atoms with Crippen molar-refractivity contribution in [1.82, 2.24) is 4.90 Å². The minimum atomic E-state index is -3.40. The lowest BCUT2D eigenvalue weighted by molar-refractivity contribution is -0.137. The van der Waals surface area contributed by atoms with Gasteiger partial charge in [0.05, 0.1) is 24.2 Å². The number of hydrogen-bond acceptors (Lipinski definition) is 5. The summed E-state index contributed by atoms with van der Waals surface area (Å²) in [4.78, 5) is 12.3. The fourth-order valence-corrected chi connectivity index (χ4v) is 2.96. The molecule has 1 N–H and O–H groups in total. The molecule has 0 fully saturated rings. The summed E-state index contributed by atoms with van der Waals surface area (Å²) in [5.74, 6) is -0.464. The summed E-state index contributed by atoms with van der Waals surface area (Å²) >= 11 is 0. The molecule has 0 radical (unpaired) electrons. The van der Waals surface area contributed by atoms with Gasteiger partial charge < -0.3 is 14.7 Å². The van der Waals surface area contributed by atoms with E-state index in [1.807, 2.05) is 0 Å². The van der Waals surface area contributed by atoms with Gasteiger partial charge in [-0.1, -0.05) is 6.07 Å². The molecule has 0 amide bonds. The zero-order valence-electron chi connectivity index (χ0n) is 12.0. The number of sulfone groups is 1. The van der Waals surface area contributed by atoms with E-state index in [1.54, 1.807) is 24.1 Å². The van der Waals surface area contributed by atoms with E-state index in [-0.39, 0.29) is 36.0 Å². The highest BCUT2D eigenvalue weighted by Crippen LogP contribution is 2.18. The van der Waals surface area contributed by atoms with Crippen LogP contribution in [0.5, 0.6) is 5.75 Å². The molecule has 0 saturated carbocycles. The topological polar surface area (TPSA) is 83.9 Å². The van der Waals surface area contributed by atoms with Gasteiger partial charge in [-0.3, -0.25) is 4.79 Å². The van der Waals surface area contributed by atoms with Gasteiger partial charge in [0.2, 0.25) is 0 Å². The summed E-state index contributed by atoms with van der Waals surface area (Å²) in [5, 5.41) is 8.57. The van der Waals surface area contributed by atoms with Gasteiger partial charge in [-0.25, -0.2) is 8.42 Å². The van der Waals surface area contributed by atoms with Crippen LogP contribution >= 0.6 is 12.4 Å². The Bertz CT molecular complexity index is 561. The number of benzene rings is 1. The largest absolute Gasteiger partial charge is 0.497 e. The number of methoxy groups -OCH3 is 1. The molecule has 6 nitrogen and oxygen atoms in total. The highest BCUT2D eigenvalue weighted by atomic mass is 35.5. The molecule has 1 aromatic carbocycles. The van der Waals surface area contributed by atoms with Crippen molar-refractivity contribution in [2.75, 3.05) is 33.0 Å². The smallest absolute Gasteiger partial charge is 0.304 e. The predicted octanol–water partition coefficient (Wildman–Crippen LogP) is 1.30. The fraction of sp³-hybridized carbons (Fsp3) is 0.462. The van der Waals surface area contributed by atoms with Crippen molar-refractivity contribution in [3.8, 4) is 5.75 Å². The van der Waals surface area contributed by atoms with Crippen LogP contribution in [0.2, 0.25) is 0 Å². The molecule has 0 unspecified atom stereocenters. The molecule has 21 heavy (non-hydrogen) atoms. The first-order chi connectivity index (χ1) is 9.35. The Morgan fingerprint density at radius 2 is 2.00 bits per heavy atom. The van der Waals surface area contributed by atoms with Crippen molar-refractivity contribution in [3.63, 3.8) is 0 Å². The van der Waals surface area contributed by atoms with Crippen molar-refractivity contribution >= 4 is 28.2 Å². The van der Waals surface area contributed by atoms with Gasteiger partial charge in [0.1, 0.15) is 5.75 Å². The number of carbonyl (C=O) groups is 1. The average molecular weight is 338 g/mol. The number of carboxylic acids is 1. The second-order valence-electron chi connectivity index (χ2n) is 4.44. The third-order valence-corrected chi connectivity index (χ3v) is 4.54. The number of aliphatic carboxylic acids is 1. The first-order valence-corrected chi connectivity index (χ1v) is 7.77. The van der Waals surface area contributed by atoms with Crippen LogP contribution in [0.3, 0.4) is 0 Å². The van der Waals surface area contributed by atoms with Gasteiger partial charge in [0.15, 0.2) is 9.84 Å². The van der Waals surface area contributed by atoms with Crippen LogP contribution in [0.15, 0.2) is 29.2 Å². The Labute approximate surface area is 131 Å². The first-order valence-electron chi connectivity index (χ1n) is 6.12. The molecular weight excluding hydrogens is 318 g/mol. The summed E-state index contributed by atoms with van der Waals surface area (Å²) in [6, 6.07) is 6.31. The van der Waals surface area contributed by atoms with E-state index in [0.29, 0.717) is 12.3 Å². The van der Waals surface area contributed by atoms with Crippen LogP contribution in [0, 0.1) is 0 Å². The first kappa shape index (κ1) is 19.7. The molecule has 0 heterocycles. The molecule has 0 aromatic heterocycles. The maximum atomic E-state index is 12.1. The van der Waals surface area contributed by atoms with Crippen molar-refractivity contribution in [3.05, 3.63) is 24.3 Å². The average Bonchev–Trinajstić information content (AvgIpc) is 2.43. The van der Waals surface area contributed by atoms with Crippen LogP contribution in [0.4, 0.5) is 0 Å². The number of ether oxygens (including phenoxy) is 1. The van der Waals surface area contributed by atoms with Gasteiger partial charge >= 0.3 is 5.97 Å². The van der Waals surface area contributed by atoms with E-state index in [4.69, 9.17) is 9.84 Å². The minimum absolute atomic E-state index is 0. The zero-order chi connectivity index (χ0) is 15.2. The van der Waals surface area contributed by atoms with Crippen LogP contribution in [-0.2, 0) is 14.6 Å². The van der Waals surface area contributed by atoms with Gasteiger partial charge in [0.25, 0.3) is 0 Å². The van der Waals surface area contributed by atoms with Crippen molar-refractivity contribution in [1.29, 1.82) is 0 Å². The van der Waals surface area contributed by atoms with Gasteiger partial charge in [-0.2, -0.15) is 0 Å². The predicted molar refractivity (Wildman–Crippen MR) is 82.0 cm³/mol. The van der Waals surface area contributed by atoms with E-state index in [1.165, 1.54) is 19.2 Å². The molecule has 0 aliphatic rings. The minimum Gasteiger partial charge on any atom is -0.497 e. The van der Waals surface area contributed by atoms with Crippen LogP contribution in [0.1, 0.15) is 6.42 Å². The molecular formula is C13H20ClNO5S. The highest BCUT2D eigenvalue weighted by Gasteiger charge is 2.16. The molecule has 0 spiro atoms. The monoisotopic (exact) mass is 337 g/mol. The number of hydrogen-bond donors (Lipinski definition) is 1. The van der Waals surface area contributed by atoms with Gasteiger partial charge in [0, 0.05) is 13.1 Å². The fourth-order valence-electron chi connectivity index (χ4n) is 1.59. The third kappa shape index (κ3) is 6.79. The van der Waals surface area contributed by atoms with E-state index < -0.39 is 15.8 Å². The summed E-state index contributed by atoms with van der Waals surface area (Å²) in [5.41, 5.74) is 0. The third-order valence-electron chi connectivity index (χ3n) is 2.85. The Balaban J connectivity index is 0.00000400. The summed E-state index contributed by atoms with van der Waals surface area (Å²) in [6.45, 7) is 0.607. The lowest BCUT2D eigenvalue weighted by Crippen LogP contribution is -2.27. The van der Waals surface area contributed by atoms with Gasteiger partial charge in [-0.05, 0) is 25.2 Å². The second-order valence-corrected chi connectivity index (χ2v) is 6.55. The second kappa shape index (κ2) is 8.86. The van der Waals surface area contributed by atoms with E-state index in [2.05, 4.69) is 0 Å². The number of nitrogens with zero attached hydrogens (tertiary/aromatic N) is 1. The lowest BCUT2D eigenvalue weighted by atomic mass is 10.3. The summed E-state index contributed by atoms with van der Waals surface area (Å²) < 4.78 is 29.3. The zero-order valence-corrected chi connectivity index (χ0v) is 13.6. The standard InChI is InChI=1S/C13H19NO5S.ClH/c1-14(7-6-13(15)16)8-9-20(17,18)12-5-3-4-11(10-12)19-2;/h3-5,10H,6-9H2,1-2H3,(H,15,16);1H. The lowest BCUT2D eigenvalue weighted by Gasteiger charge is -2.15. The molecule has 120 valence electrons. The summed E-state index contributed by atoms with van der Waals surface area (Å²) in [7, 11) is -0.220. The normalized spacial score (nSPS) is 11.0. The van der Waals surface area contributed by atoms with Crippen molar-refractivity contribution in [2.45, 2.75) is 11.3 Å². The van der Waals surface area contributed by atoms with Crippen LogP contribution in [0.25, 0.3) is 0 Å². The quantitative estimate of drug-likeness (QED) is 0.769. The molecule has 1 rings (SSSR count). The van der Waals surface area contributed by atoms with Crippen LogP contribution in [-0.4, -0.2) is 57.4 Å². The van der Waals surface area contributed by atoms with E-state index in [0.717, 1.165) is 0 Å². The Morgan fingerprint density at radius 1 is 1.33 bits per heavy atom. The molecule has 1 aromatic rings. The van der Waals surface area contributed by atoms with Crippen LogP contribution < -0.4 is 4.74 Å². The highest BCUT2D eigenvalue weighted by molar-refractivity contribution is 7.91. The number of carboxylic acid groups (broad SMARTS) is 1. The molecule has 0 saturated heterocycles. The molecule has 0 aliphatic heterocycles. The number of halogens is 1. The Morgan fingerprint density at radius 3 is 2.57 bits per heavy atom. The maximum Gasteiger partial charge on any atom is 0.304 e. The Hall–Kier alpha value is -1.31. The van der Waals surface area contributed by atoms with Gasteiger partial charge in [-0.15, -0.1) is 12.4 Å². The van der Waals surface area contributed by atoms with E-state index >= 15 is 0 Å². The van der Waals surface area contributed by atoms with E-state index in [9.17, 15) is 13.2 Å². The van der Waals surface area contributed by atoms with Crippen molar-refractivity contribution < 1.29 is 23.1 Å². The molecule has 0 aliphatic carbocycles.